The first-order valence-electron chi connectivity index (χ1n) is 5.24. The SMILES string of the molecule is COc1cc([C@@H](N)[C@@H](O)C(C)C)ccc1F. The summed E-state index contributed by atoms with van der Waals surface area (Å²) in [5.74, 6) is -0.243. The Hall–Kier alpha value is -1.13. The predicted octanol–water partition coefficient (Wildman–Crippen LogP) is 1.85. The molecule has 3 nitrogen and oxygen atoms in total. The van der Waals surface area contributed by atoms with Crippen molar-refractivity contribution >= 4 is 0 Å². The molecule has 16 heavy (non-hydrogen) atoms. The summed E-state index contributed by atoms with van der Waals surface area (Å²) in [5.41, 5.74) is 6.55. The molecule has 1 aromatic carbocycles. The molecule has 1 rings (SSSR count). The number of methoxy groups -OCH3 is 1. The molecule has 0 bridgehead atoms. The Kier molecular flexibility index (Phi) is 4.26. The van der Waals surface area contributed by atoms with Crippen molar-refractivity contribution in [1.29, 1.82) is 0 Å². The minimum absolute atomic E-state index is 0.0473. The van der Waals surface area contributed by atoms with Gasteiger partial charge in [0.25, 0.3) is 0 Å². The van der Waals surface area contributed by atoms with Gasteiger partial charge in [0.2, 0.25) is 0 Å². The third-order valence-corrected chi connectivity index (χ3v) is 2.61. The Morgan fingerprint density at radius 2 is 2.00 bits per heavy atom. The van der Waals surface area contributed by atoms with Gasteiger partial charge in [0.05, 0.1) is 19.3 Å². The van der Waals surface area contributed by atoms with Gasteiger partial charge in [-0.05, 0) is 23.6 Å². The zero-order chi connectivity index (χ0) is 12.3. The van der Waals surface area contributed by atoms with Crippen LogP contribution in [0.3, 0.4) is 0 Å². The van der Waals surface area contributed by atoms with Crippen LogP contribution < -0.4 is 10.5 Å². The fourth-order valence-electron chi connectivity index (χ4n) is 1.50. The number of rotatable bonds is 4. The molecule has 0 aromatic heterocycles. The highest BCUT2D eigenvalue weighted by molar-refractivity contribution is 5.32. The topological polar surface area (TPSA) is 55.5 Å². The summed E-state index contributed by atoms with van der Waals surface area (Å²) in [6.07, 6.45) is -0.657. The predicted molar refractivity (Wildman–Crippen MR) is 60.7 cm³/mol. The number of benzene rings is 1. The molecule has 1 aromatic rings. The Labute approximate surface area is 95.0 Å². The Balaban J connectivity index is 2.96. The summed E-state index contributed by atoms with van der Waals surface area (Å²) < 4.78 is 18.0. The molecule has 0 radical (unpaired) electrons. The van der Waals surface area contributed by atoms with Gasteiger partial charge in [0, 0.05) is 0 Å². The Bertz CT molecular complexity index is 355. The van der Waals surface area contributed by atoms with Crippen molar-refractivity contribution in [1.82, 2.24) is 0 Å². The van der Waals surface area contributed by atoms with Crippen molar-refractivity contribution in [2.24, 2.45) is 11.7 Å². The van der Waals surface area contributed by atoms with Gasteiger partial charge in [-0.3, -0.25) is 0 Å². The van der Waals surface area contributed by atoms with Crippen LogP contribution in [0.25, 0.3) is 0 Å². The van der Waals surface area contributed by atoms with Crippen molar-refractivity contribution in [3.8, 4) is 5.75 Å². The van der Waals surface area contributed by atoms with Gasteiger partial charge < -0.3 is 15.6 Å². The molecule has 3 N–H and O–H groups in total. The molecule has 0 aliphatic carbocycles. The molecule has 0 saturated heterocycles. The van der Waals surface area contributed by atoms with Crippen molar-refractivity contribution in [3.63, 3.8) is 0 Å². The first kappa shape index (κ1) is 12.9. The van der Waals surface area contributed by atoms with E-state index >= 15 is 0 Å². The average molecular weight is 227 g/mol. The second kappa shape index (κ2) is 5.27. The Morgan fingerprint density at radius 3 is 2.50 bits per heavy atom. The van der Waals surface area contributed by atoms with Gasteiger partial charge in [-0.15, -0.1) is 0 Å². The standard InChI is InChI=1S/C12H18FNO2/c1-7(2)12(15)11(14)8-4-5-9(13)10(6-8)16-3/h4-7,11-12,15H,14H2,1-3H3/t11-,12+/m1/s1. The maximum atomic E-state index is 13.2. The molecule has 0 fully saturated rings. The van der Waals surface area contributed by atoms with Crippen molar-refractivity contribution in [3.05, 3.63) is 29.6 Å². The lowest BCUT2D eigenvalue weighted by molar-refractivity contribution is 0.0978. The molecule has 0 heterocycles. The summed E-state index contributed by atoms with van der Waals surface area (Å²) in [4.78, 5) is 0. The first-order chi connectivity index (χ1) is 7.47. The average Bonchev–Trinajstić information content (AvgIpc) is 2.27. The maximum absolute atomic E-state index is 13.2. The van der Waals surface area contributed by atoms with E-state index in [9.17, 15) is 9.50 Å². The summed E-state index contributed by atoms with van der Waals surface area (Å²) in [6.45, 7) is 3.76. The smallest absolute Gasteiger partial charge is 0.165 e. The molecule has 4 heteroatoms. The van der Waals surface area contributed by atoms with Gasteiger partial charge in [-0.2, -0.15) is 0 Å². The van der Waals surface area contributed by atoms with Crippen LogP contribution in [-0.2, 0) is 0 Å². The molecule has 2 atom stereocenters. The third-order valence-electron chi connectivity index (χ3n) is 2.61. The highest BCUT2D eigenvalue weighted by atomic mass is 19.1. The molecule has 0 saturated carbocycles. The normalized spacial score (nSPS) is 14.9. The number of halogens is 1. The minimum atomic E-state index is -0.657. The van der Waals surface area contributed by atoms with E-state index in [4.69, 9.17) is 10.5 Å². The van der Waals surface area contributed by atoms with Crippen LogP contribution in [0.2, 0.25) is 0 Å². The van der Waals surface area contributed by atoms with E-state index < -0.39 is 18.0 Å². The van der Waals surface area contributed by atoms with E-state index in [1.54, 1.807) is 6.07 Å². The lowest BCUT2D eigenvalue weighted by Gasteiger charge is -2.22. The molecule has 0 aliphatic heterocycles. The zero-order valence-electron chi connectivity index (χ0n) is 9.77. The van der Waals surface area contributed by atoms with Crippen molar-refractivity contribution in [2.75, 3.05) is 7.11 Å². The van der Waals surface area contributed by atoms with Crippen LogP contribution in [0.4, 0.5) is 4.39 Å². The van der Waals surface area contributed by atoms with Crippen LogP contribution in [0, 0.1) is 11.7 Å². The molecule has 0 aliphatic rings. The maximum Gasteiger partial charge on any atom is 0.165 e. The number of aliphatic hydroxyl groups is 1. The number of aliphatic hydroxyl groups excluding tert-OH is 1. The van der Waals surface area contributed by atoms with Gasteiger partial charge in [-0.25, -0.2) is 4.39 Å². The molecule has 0 unspecified atom stereocenters. The number of hydrogen-bond donors (Lipinski definition) is 2. The quantitative estimate of drug-likeness (QED) is 0.825. The summed E-state index contributed by atoms with van der Waals surface area (Å²) >= 11 is 0. The van der Waals surface area contributed by atoms with Gasteiger partial charge in [0.1, 0.15) is 0 Å². The molecule has 0 spiro atoms. The number of ether oxygens (including phenoxy) is 1. The van der Waals surface area contributed by atoms with Gasteiger partial charge in [-0.1, -0.05) is 19.9 Å². The molecular formula is C12H18FNO2. The fraction of sp³-hybridized carbons (Fsp3) is 0.500. The largest absolute Gasteiger partial charge is 0.494 e. The van der Waals surface area contributed by atoms with E-state index in [1.165, 1.54) is 19.2 Å². The van der Waals surface area contributed by atoms with E-state index in [-0.39, 0.29) is 11.7 Å². The number of nitrogens with two attached hydrogens (primary N) is 1. The van der Waals surface area contributed by atoms with Gasteiger partial charge >= 0.3 is 0 Å². The van der Waals surface area contributed by atoms with Crippen molar-refractivity contribution in [2.45, 2.75) is 26.0 Å². The summed E-state index contributed by atoms with van der Waals surface area (Å²) in [7, 11) is 1.40. The second-order valence-corrected chi connectivity index (χ2v) is 4.15. The highest BCUT2D eigenvalue weighted by Gasteiger charge is 2.21. The first-order valence-corrected chi connectivity index (χ1v) is 5.24. The van der Waals surface area contributed by atoms with Crippen LogP contribution in [0.1, 0.15) is 25.5 Å². The summed E-state index contributed by atoms with van der Waals surface area (Å²) in [5, 5.41) is 9.82. The van der Waals surface area contributed by atoms with Crippen LogP contribution in [-0.4, -0.2) is 18.3 Å². The molecule has 0 amide bonds. The van der Waals surface area contributed by atoms with Gasteiger partial charge in [0.15, 0.2) is 11.6 Å². The van der Waals surface area contributed by atoms with Crippen LogP contribution >= 0.6 is 0 Å². The van der Waals surface area contributed by atoms with E-state index in [0.29, 0.717) is 5.56 Å². The lowest BCUT2D eigenvalue weighted by Crippen LogP contribution is -2.30. The number of hydrogen-bond acceptors (Lipinski definition) is 3. The molecule has 90 valence electrons. The lowest BCUT2D eigenvalue weighted by atomic mass is 9.94. The van der Waals surface area contributed by atoms with E-state index in [0.717, 1.165) is 0 Å². The molecular weight excluding hydrogens is 209 g/mol. The monoisotopic (exact) mass is 227 g/mol. The third kappa shape index (κ3) is 2.71. The fourth-order valence-corrected chi connectivity index (χ4v) is 1.50. The van der Waals surface area contributed by atoms with E-state index in [1.807, 2.05) is 13.8 Å². The van der Waals surface area contributed by atoms with E-state index in [2.05, 4.69) is 0 Å². The second-order valence-electron chi connectivity index (χ2n) is 4.15. The summed E-state index contributed by atoms with van der Waals surface area (Å²) in [6, 6.07) is 3.84. The van der Waals surface area contributed by atoms with Crippen molar-refractivity contribution < 1.29 is 14.2 Å². The Morgan fingerprint density at radius 1 is 1.38 bits per heavy atom. The highest BCUT2D eigenvalue weighted by Crippen LogP contribution is 2.25. The zero-order valence-corrected chi connectivity index (χ0v) is 9.77. The van der Waals surface area contributed by atoms with Crippen LogP contribution in [0.15, 0.2) is 18.2 Å². The van der Waals surface area contributed by atoms with Crippen LogP contribution in [0.5, 0.6) is 5.75 Å². The minimum Gasteiger partial charge on any atom is -0.494 e.